The van der Waals surface area contributed by atoms with E-state index < -0.39 is 0 Å². The number of benzene rings is 1. The molecule has 126 valence electrons. The Balaban J connectivity index is 2.00. The predicted octanol–water partition coefficient (Wildman–Crippen LogP) is 2.74. The van der Waals surface area contributed by atoms with Gasteiger partial charge < -0.3 is 9.47 Å². The van der Waals surface area contributed by atoms with Crippen molar-refractivity contribution in [3.8, 4) is 0 Å². The zero-order valence-corrected chi connectivity index (χ0v) is 14.5. The molecule has 0 bridgehead atoms. The van der Waals surface area contributed by atoms with Crippen molar-refractivity contribution in [2.45, 2.75) is 13.5 Å². The van der Waals surface area contributed by atoms with Crippen molar-refractivity contribution in [2.75, 3.05) is 14.1 Å². The minimum atomic E-state index is -0.0222. The summed E-state index contributed by atoms with van der Waals surface area (Å²) in [6.45, 7) is 2.55. The summed E-state index contributed by atoms with van der Waals surface area (Å²) in [7, 11) is 3.54. The van der Waals surface area contributed by atoms with E-state index in [-0.39, 0.29) is 5.91 Å². The fourth-order valence-corrected chi connectivity index (χ4v) is 3.18. The van der Waals surface area contributed by atoms with Crippen LogP contribution in [-0.2, 0) is 6.54 Å². The third-order valence-corrected chi connectivity index (χ3v) is 4.41. The van der Waals surface area contributed by atoms with Gasteiger partial charge in [0, 0.05) is 20.6 Å². The minimum Gasteiger partial charge on any atom is -0.343 e. The van der Waals surface area contributed by atoms with Crippen LogP contribution in [0.15, 0.2) is 48.5 Å². The third kappa shape index (κ3) is 2.46. The van der Waals surface area contributed by atoms with Gasteiger partial charge in [-0.25, -0.2) is 0 Å². The molecule has 1 aromatic carbocycles. The van der Waals surface area contributed by atoms with Crippen LogP contribution in [0.2, 0.25) is 0 Å². The lowest BCUT2D eigenvalue weighted by Gasteiger charge is -2.14. The van der Waals surface area contributed by atoms with Gasteiger partial charge in [-0.15, -0.1) is 10.2 Å². The Hall–Kier alpha value is -3.15. The average molecular weight is 333 g/mol. The molecule has 3 aromatic heterocycles. The first-order chi connectivity index (χ1) is 12.1. The molecule has 0 unspecified atom stereocenters. The summed E-state index contributed by atoms with van der Waals surface area (Å²) >= 11 is 0. The van der Waals surface area contributed by atoms with E-state index in [1.807, 2.05) is 47.7 Å². The standard InChI is InChI=1S/C19H19N5O/c1-13-20-21-18-10-9-15-16(24(13)18)11-17(19(25)22(2)3)23(15)12-14-7-5-4-6-8-14/h4-11H,12H2,1-3H3. The number of nitrogens with zero attached hydrogens (tertiary/aromatic N) is 5. The molecule has 0 N–H and O–H groups in total. The number of aromatic nitrogens is 4. The molecule has 6 nitrogen and oxygen atoms in total. The molecule has 0 aliphatic rings. The molecule has 0 radical (unpaired) electrons. The Morgan fingerprint density at radius 3 is 2.52 bits per heavy atom. The number of carbonyl (C=O) groups excluding carboxylic acids is 1. The molecule has 0 atom stereocenters. The molecule has 4 aromatic rings. The molecule has 0 saturated heterocycles. The number of aryl methyl sites for hydroxylation is 1. The normalized spacial score (nSPS) is 11.3. The van der Waals surface area contributed by atoms with Gasteiger partial charge in [0.25, 0.3) is 5.91 Å². The topological polar surface area (TPSA) is 55.4 Å². The van der Waals surface area contributed by atoms with Crippen molar-refractivity contribution >= 4 is 22.6 Å². The largest absolute Gasteiger partial charge is 0.343 e. The Morgan fingerprint density at radius 1 is 1.04 bits per heavy atom. The van der Waals surface area contributed by atoms with Crippen LogP contribution in [0.5, 0.6) is 0 Å². The minimum absolute atomic E-state index is 0.0222. The van der Waals surface area contributed by atoms with E-state index in [2.05, 4.69) is 26.9 Å². The van der Waals surface area contributed by atoms with Crippen LogP contribution < -0.4 is 0 Å². The summed E-state index contributed by atoms with van der Waals surface area (Å²) in [6, 6.07) is 16.0. The summed E-state index contributed by atoms with van der Waals surface area (Å²) < 4.78 is 4.05. The molecular formula is C19H19N5O. The SMILES string of the molecule is Cc1nnc2ccc3c(cc(C(=O)N(C)C)n3Cc3ccccc3)n12. The number of carbonyl (C=O) groups is 1. The molecule has 0 aliphatic carbocycles. The fourth-order valence-electron chi connectivity index (χ4n) is 3.18. The highest BCUT2D eigenvalue weighted by Crippen LogP contribution is 2.24. The molecule has 6 heteroatoms. The zero-order chi connectivity index (χ0) is 17.6. The maximum atomic E-state index is 12.7. The number of hydrogen-bond acceptors (Lipinski definition) is 3. The van der Waals surface area contributed by atoms with E-state index >= 15 is 0 Å². The van der Waals surface area contributed by atoms with Gasteiger partial charge in [0.15, 0.2) is 5.65 Å². The first-order valence-electron chi connectivity index (χ1n) is 8.16. The van der Waals surface area contributed by atoms with E-state index in [4.69, 9.17) is 0 Å². The molecular weight excluding hydrogens is 314 g/mol. The van der Waals surface area contributed by atoms with Crippen LogP contribution in [-0.4, -0.2) is 44.1 Å². The van der Waals surface area contributed by atoms with Crippen molar-refractivity contribution in [2.24, 2.45) is 0 Å². The smallest absolute Gasteiger partial charge is 0.270 e. The van der Waals surface area contributed by atoms with E-state index in [0.717, 1.165) is 28.1 Å². The summed E-state index contributed by atoms with van der Waals surface area (Å²) in [4.78, 5) is 14.4. The van der Waals surface area contributed by atoms with Gasteiger partial charge in [0.05, 0.1) is 11.0 Å². The summed E-state index contributed by atoms with van der Waals surface area (Å²) in [6.07, 6.45) is 0. The highest BCUT2D eigenvalue weighted by molar-refractivity contribution is 5.98. The Bertz CT molecular complexity index is 1080. The second kappa shape index (κ2) is 5.73. The molecule has 3 heterocycles. The summed E-state index contributed by atoms with van der Waals surface area (Å²) in [5.41, 5.74) is 4.52. The van der Waals surface area contributed by atoms with Crippen LogP contribution in [0.1, 0.15) is 21.9 Å². The van der Waals surface area contributed by atoms with Crippen LogP contribution in [0, 0.1) is 6.92 Å². The third-order valence-electron chi connectivity index (χ3n) is 4.41. The number of rotatable bonds is 3. The fraction of sp³-hybridized carbons (Fsp3) is 0.211. The van der Waals surface area contributed by atoms with E-state index in [1.54, 1.807) is 19.0 Å². The van der Waals surface area contributed by atoms with Crippen LogP contribution in [0.3, 0.4) is 0 Å². The van der Waals surface area contributed by atoms with E-state index in [1.165, 1.54) is 0 Å². The lowest BCUT2D eigenvalue weighted by atomic mass is 10.2. The van der Waals surface area contributed by atoms with Gasteiger partial charge in [0.1, 0.15) is 11.5 Å². The van der Waals surface area contributed by atoms with Gasteiger partial charge in [-0.05, 0) is 30.7 Å². The molecule has 4 rings (SSSR count). The molecule has 0 fully saturated rings. The van der Waals surface area contributed by atoms with E-state index in [0.29, 0.717) is 12.2 Å². The van der Waals surface area contributed by atoms with Gasteiger partial charge in [0.2, 0.25) is 0 Å². The highest BCUT2D eigenvalue weighted by atomic mass is 16.2. The lowest BCUT2D eigenvalue weighted by molar-refractivity contribution is 0.0818. The van der Waals surface area contributed by atoms with Crippen molar-refractivity contribution in [3.05, 3.63) is 65.6 Å². The molecule has 0 aliphatic heterocycles. The van der Waals surface area contributed by atoms with Crippen molar-refractivity contribution in [1.82, 2.24) is 24.1 Å². The predicted molar refractivity (Wildman–Crippen MR) is 96.8 cm³/mol. The van der Waals surface area contributed by atoms with Gasteiger partial charge in [-0.3, -0.25) is 9.20 Å². The average Bonchev–Trinajstić information content (AvgIpc) is 3.16. The molecule has 25 heavy (non-hydrogen) atoms. The lowest BCUT2D eigenvalue weighted by Crippen LogP contribution is -2.24. The summed E-state index contributed by atoms with van der Waals surface area (Å²) in [5, 5.41) is 8.34. The zero-order valence-electron chi connectivity index (χ0n) is 14.5. The second-order valence-electron chi connectivity index (χ2n) is 6.35. The molecule has 0 saturated carbocycles. The molecule has 1 amide bonds. The Labute approximate surface area is 145 Å². The van der Waals surface area contributed by atoms with E-state index in [9.17, 15) is 4.79 Å². The quantitative estimate of drug-likeness (QED) is 0.579. The number of fused-ring (bicyclic) bond motifs is 3. The molecule has 0 spiro atoms. The maximum Gasteiger partial charge on any atom is 0.270 e. The van der Waals surface area contributed by atoms with Crippen molar-refractivity contribution in [3.63, 3.8) is 0 Å². The second-order valence-corrected chi connectivity index (χ2v) is 6.35. The Kier molecular flexibility index (Phi) is 3.53. The van der Waals surface area contributed by atoms with Gasteiger partial charge in [-0.1, -0.05) is 30.3 Å². The van der Waals surface area contributed by atoms with Crippen LogP contribution >= 0.6 is 0 Å². The monoisotopic (exact) mass is 333 g/mol. The first kappa shape index (κ1) is 15.4. The highest BCUT2D eigenvalue weighted by Gasteiger charge is 2.19. The number of hydrogen-bond donors (Lipinski definition) is 0. The Morgan fingerprint density at radius 2 is 1.80 bits per heavy atom. The van der Waals surface area contributed by atoms with Crippen LogP contribution in [0.4, 0.5) is 0 Å². The van der Waals surface area contributed by atoms with Crippen molar-refractivity contribution < 1.29 is 4.79 Å². The first-order valence-corrected chi connectivity index (χ1v) is 8.16. The number of pyridine rings is 1. The van der Waals surface area contributed by atoms with Gasteiger partial charge in [-0.2, -0.15) is 0 Å². The maximum absolute atomic E-state index is 12.7. The van der Waals surface area contributed by atoms with Crippen molar-refractivity contribution in [1.29, 1.82) is 0 Å². The number of amides is 1. The summed E-state index contributed by atoms with van der Waals surface area (Å²) in [5.74, 6) is 0.785. The van der Waals surface area contributed by atoms with Gasteiger partial charge >= 0.3 is 0 Å². The van der Waals surface area contributed by atoms with Crippen LogP contribution in [0.25, 0.3) is 16.7 Å².